The minimum Gasteiger partial charge on any atom is -0.374 e. The first-order valence-electron chi connectivity index (χ1n) is 7.49. The number of ether oxygens (including phenoxy) is 1. The molecule has 0 saturated carbocycles. The van der Waals surface area contributed by atoms with Crippen LogP contribution in [-0.4, -0.2) is 66.2 Å². The maximum Gasteiger partial charge on any atom is 0.158 e. The first-order chi connectivity index (χ1) is 10.3. The summed E-state index contributed by atoms with van der Waals surface area (Å²) in [4.78, 5) is 11.4. The standard InChI is InChI=1S/C14H25N5OS/c1-3-20-11-14-17-12(15-2)10-13(18-14)16-4-5-19-6-8-21-9-7-19/h10H,3-9,11H2,1-2H3,(H2,15,16,17,18). The molecule has 1 aliphatic heterocycles. The Bertz CT molecular complexity index is 426. The second-order valence-corrected chi connectivity index (χ2v) is 6.05. The van der Waals surface area contributed by atoms with E-state index in [0.717, 1.165) is 24.7 Å². The van der Waals surface area contributed by atoms with Crippen LogP contribution in [0.15, 0.2) is 6.07 Å². The normalized spacial score (nSPS) is 15.9. The van der Waals surface area contributed by atoms with Crippen molar-refractivity contribution in [1.29, 1.82) is 0 Å². The van der Waals surface area contributed by atoms with Crippen LogP contribution in [0.25, 0.3) is 0 Å². The van der Waals surface area contributed by atoms with Gasteiger partial charge in [0.25, 0.3) is 0 Å². The van der Waals surface area contributed by atoms with Gasteiger partial charge < -0.3 is 15.4 Å². The third-order valence-electron chi connectivity index (χ3n) is 3.30. The Morgan fingerprint density at radius 2 is 2.05 bits per heavy atom. The fourth-order valence-electron chi connectivity index (χ4n) is 2.14. The Labute approximate surface area is 131 Å². The molecule has 0 spiro atoms. The van der Waals surface area contributed by atoms with Gasteiger partial charge in [0.2, 0.25) is 0 Å². The van der Waals surface area contributed by atoms with E-state index in [4.69, 9.17) is 4.74 Å². The number of nitrogens with one attached hydrogen (secondary N) is 2. The molecule has 1 aromatic rings. The van der Waals surface area contributed by atoms with Crippen LogP contribution in [-0.2, 0) is 11.3 Å². The third-order valence-corrected chi connectivity index (χ3v) is 4.24. The smallest absolute Gasteiger partial charge is 0.158 e. The van der Waals surface area contributed by atoms with E-state index < -0.39 is 0 Å². The van der Waals surface area contributed by atoms with Crippen LogP contribution in [0, 0.1) is 0 Å². The zero-order valence-corrected chi connectivity index (χ0v) is 13.7. The fourth-order valence-corrected chi connectivity index (χ4v) is 3.12. The highest BCUT2D eigenvalue weighted by Crippen LogP contribution is 2.12. The van der Waals surface area contributed by atoms with Crippen molar-refractivity contribution in [3.63, 3.8) is 0 Å². The Kier molecular flexibility index (Phi) is 7.05. The zero-order chi connectivity index (χ0) is 14.9. The topological polar surface area (TPSA) is 62.3 Å². The van der Waals surface area contributed by atoms with E-state index >= 15 is 0 Å². The van der Waals surface area contributed by atoms with Crippen LogP contribution in [0.3, 0.4) is 0 Å². The monoisotopic (exact) mass is 311 g/mol. The van der Waals surface area contributed by atoms with Gasteiger partial charge in [-0.1, -0.05) is 0 Å². The molecule has 0 radical (unpaired) electrons. The average molecular weight is 311 g/mol. The molecule has 0 atom stereocenters. The van der Waals surface area contributed by atoms with Crippen LogP contribution in [0.2, 0.25) is 0 Å². The molecule has 118 valence electrons. The highest BCUT2D eigenvalue weighted by Gasteiger charge is 2.10. The van der Waals surface area contributed by atoms with Crippen LogP contribution in [0.5, 0.6) is 0 Å². The molecule has 21 heavy (non-hydrogen) atoms. The Balaban J connectivity index is 1.85. The maximum absolute atomic E-state index is 5.38. The van der Waals surface area contributed by atoms with E-state index in [2.05, 4.69) is 25.5 Å². The summed E-state index contributed by atoms with van der Waals surface area (Å²) in [6.07, 6.45) is 0. The van der Waals surface area contributed by atoms with E-state index in [9.17, 15) is 0 Å². The van der Waals surface area contributed by atoms with E-state index in [1.165, 1.54) is 24.6 Å². The summed E-state index contributed by atoms with van der Waals surface area (Å²) in [5, 5.41) is 6.45. The number of aromatic nitrogens is 2. The number of rotatable bonds is 8. The molecule has 1 aliphatic rings. The molecule has 0 aliphatic carbocycles. The number of hydrogen-bond acceptors (Lipinski definition) is 7. The van der Waals surface area contributed by atoms with Gasteiger partial charge in [-0.2, -0.15) is 11.8 Å². The zero-order valence-electron chi connectivity index (χ0n) is 12.9. The highest BCUT2D eigenvalue weighted by molar-refractivity contribution is 7.99. The molecule has 0 unspecified atom stereocenters. The maximum atomic E-state index is 5.38. The van der Waals surface area contributed by atoms with Gasteiger partial charge in [0.15, 0.2) is 5.82 Å². The fraction of sp³-hybridized carbons (Fsp3) is 0.714. The van der Waals surface area contributed by atoms with Crippen molar-refractivity contribution in [3.05, 3.63) is 11.9 Å². The van der Waals surface area contributed by atoms with E-state index in [1.54, 1.807) is 0 Å². The van der Waals surface area contributed by atoms with Crippen molar-refractivity contribution in [1.82, 2.24) is 14.9 Å². The Morgan fingerprint density at radius 3 is 2.76 bits per heavy atom. The largest absolute Gasteiger partial charge is 0.374 e. The molecule has 2 N–H and O–H groups in total. The predicted octanol–water partition coefficient (Wildman–Crippen LogP) is 1.52. The summed E-state index contributed by atoms with van der Waals surface area (Å²) in [7, 11) is 1.86. The number of anilines is 2. The quantitative estimate of drug-likeness (QED) is 0.754. The summed E-state index contributed by atoms with van der Waals surface area (Å²) in [5.74, 6) is 4.87. The molecule has 1 fully saturated rings. The second-order valence-electron chi connectivity index (χ2n) is 4.82. The van der Waals surface area contributed by atoms with Crippen molar-refractivity contribution in [2.24, 2.45) is 0 Å². The summed E-state index contributed by atoms with van der Waals surface area (Å²) < 4.78 is 5.38. The average Bonchev–Trinajstić information content (AvgIpc) is 2.53. The summed E-state index contributed by atoms with van der Waals surface area (Å²) >= 11 is 2.04. The lowest BCUT2D eigenvalue weighted by Crippen LogP contribution is -2.36. The van der Waals surface area contributed by atoms with Crippen LogP contribution in [0.4, 0.5) is 11.6 Å². The highest BCUT2D eigenvalue weighted by atomic mass is 32.2. The Morgan fingerprint density at radius 1 is 1.29 bits per heavy atom. The summed E-state index contributed by atoms with van der Waals surface area (Å²) in [6, 6.07) is 1.93. The first-order valence-corrected chi connectivity index (χ1v) is 8.64. The van der Waals surface area contributed by atoms with Crippen molar-refractivity contribution in [2.45, 2.75) is 13.5 Å². The van der Waals surface area contributed by atoms with Gasteiger partial charge in [0, 0.05) is 57.4 Å². The SMILES string of the molecule is CCOCc1nc(NC)cc(NCCN2CCSCC2)n1. The predicted molar refractivity (Wildman–Crippen MR) is 89.2 cm³/mol. The molecular weight excluding hydrogens is 286 g/mol. The van der Waals surface area contributed by atoms with Gasteiger partial charge in [-0.25, -0.2) is 9.97 Å². The minimum absolute atomic E-state index is 0.448. The molecule has 6 nitrogen and oxygen atoms in total. The lowest BCUT2D eigenvalue weighted by Gasteiger charge is -2.26. The molecule has 2 rings (SSSR count). The van der Waals surface area contributed by atoms with Gasteiger partial charge >= 0.3 is 0 Å². The molecular formula is C14H25N5OS. The van der Waals surface area contributed by atoms with Crippen LogP contribution in [0.1, 0.15) is 12.7 Å². The van der Waals surface area contributed by atoms with Gasteiger partial charge in [-0.05, 0) is 6.92 Å². The number of nitrogens with zero attached hydrogens (tertiary/aromatic N) is 3. The minimum atomic E-state index is 0.448. The number of hydrogen-bond donors (Lipinski definition) is 2. The van der Waals surface area contributed by atoms with Crippen LogP contribution < -0.4 is 10.6 Å². The molecule has 0 bridgehead atoms. The summed E-state index contributed by atoms with van der Waals surface area (Å²) in [5.41, 5.74) is 0. The van der Waals surface area contributed by atoms with E-state index in [0.29, 0.717) is 19.0 Å². The lowest BCUT2D eigenvalue weighted by atomic mass is 10.4. The number of thioether (sulfide) groups is 1. The van der Waals surface area contributed by atoms with Gasteiger partial charge in [0.05, 0.1) is 0 Å². The van der Waals surface area contributed by atoms with Crippen molar-refractivity contribution in [3.8, 4) is 0 Å². The third kappa shape index (κ3) is 5.68. The molecule has 0 amide bonds. The van der Waals surface area contributed by atoms with Gasteiger partial charge in [-0.15, -0.1) is 0 Å². The van der Waals surface area contributed by atoms with Gasteiger partial charge in [0.1, 0.15) is 18.2 Å². The van der Waals surface area contributed by atoms with Crippen molar-refractivity contribution in [2.75, 3.05) is 62.0 Å². The van der Waals surface area contributed by atoms with Crippen LogP contribution >= 0.6 is 11.8 Å². The molecule has 0 aromatic carbocycles. The van der Waals surface area contributed by atoms with Crippen molar-refractivity contribution < 1.29 is 4.74 Å². The Hall–Kier alpha value is -1.05. The van der Waals surface area contributed by atoms with Crippen molar-refractivity contribution >= 4 is 23.4 Å². The van der Waals surface area contributed by atoms with Gasteiger partial charge in [-0.3, -0.25) is 4.90 Å². The molecule has 1 saturated heterocycles. The van der Waals surface area contributed by atoms with E-state index in [-0.39, 0.29) is 0 Å². The lowest BCUT2D eigenvalue weighted by molar-refractivity contribution is 0.128. The molecule has 1 aromatic heterocycles. The molecule has 7 heteroatoms. The summed E-state index contributed by atoms with van der Waals surface area (Å²) in [6.45, 7) is 7.42. The first kappa shape index (κ1) is 16.3. The molecule has 2 heterocycles. The van der Waals surface area contributed by atoms with E-state index in [1.807, 2.05) is 31.8 Å². The second kappa shape index (κ2) is 9.07.